The molecule has 58 valence electrons. The molecule has 0 heterocycles. The van der Waals surface area contributed by atoms with Crippen LogP contribution in [0.3, 0.4) is 0 Å². The van der Waals surface area contributed by atoms with Gasteiger partial charge in [0.25, 0.3) is 7.82 Å². The molecule has 0 saturated carbocycles. The van der Waals surface area contributed by atoms with Crippen molar-refractivity contribution >= 4 is 7.82 Å². The molecule has 0 amide bonds. The van der Waals surface area contributed by atoms with E-state index >= 15 is 0 Å². The molecular formula is C3H9Na2O5P. The summed E-state index contributed by atoms with van der Waals surface area (Å²) in [5.41, 5.74) is 0. The van der Waals surface area contributed by atoms with Gasteiger partial charge in [0.1, 0.15) is 0 Å². The summed E-state index contributed by atoms with van der Waals surface area (Å²) in [6.45, 7) is 1.94. The van der Waals surface area contributed by atoms with Gasteiger partial charge in [0, 0.05) is 0 Å². The quantitative estimate of drug-likeness (QED) is 0.324. The van der Waals surface area contributed by atoms with Crippen LogP contribution >= 0.6 is 7.82 Å². The SMILES string of the molecule is CCC[O-].O=P([O-])(O)O.[Na+].[Na+]. The van der Waals surface area contributed by atoms with Crippen LogP contribution in [0.15, 0.2) is 0 Å². The zero-order valence-corrected chi connectivity index (χ0v) is 11.9. The van der Waals surface area contributed by atoms with Crippen molar-refractivity contribution in [3.05, 3.63) is 0 Å². The van der Waals surface area contributed by atoms with Gasteiger partial charge in [-0.1, -0.05) is 13.3 Å². The van der Waals surface area contributed by atoms with Crippen LogP contribution in [0.25, 0.3) is 0 Å². The molecule has 0 atom stereocenters. The molecule has 0 aliphatic rings. The first kappa shape index (κ1) is 23.1. The first-order chi connectivity index (χ1) is 3.91. The van der Waals surface area contributed by atoms with Crippen LogP contribution in [0, 0.1) is 0 Å². The fraction of sp³-hybridized carbons (Fsp3) is 1.00. The number of phosphoric acid groups is 1. The molecule has 0 bridgehead atoms. The van der Waals surface area contributed by atoms with Crippen LogP contribution in [0.2, 0.25) is 0 Å². The first-order valence-corrected chi connectivity index (χ1v) is 3.79. The van der Waals surface area contributed by atoms with Crippen LogP contribution < -0.4 is 69.1 Å². The fourth-order valence-corrected chi connectivity index (χ4v) is 0. The Hall–Kier alpha value is 2.07. The minimum Gasteiger partial charge on any atom is -0.854 e. The Morgan fingerprint density at radius 1 is 1.36 bits per heavy atom. The van der Waals surface area contributed by atoms with Crippen molar-refractivity contribution in [2.75, 3.05) is 6.61 Å². The van der Waals surface area contributed by atoms with Crippen molar-refractivity contribution < 1.29 is 83.5 Å². The van der Waals surface area contributed by atoms with Gasteiger partial charge in [0.05, 0.1) is 0 Å². The zero-order valence-electron chi connectivity index (χ0n) is 6.98. The van der Waals surface area contributed by atoms with Gasteiger partial charge in [-0.2, -0.15) is 0 Å². The van der Waals surface area contributed by atoms with Gasteiger partial charge in [0.2, 0.25) is 0 Å². The third-order valence-corrected chi connectivity index (χ3v) is 0.204. The average molecular weight is 202 g/mol. The molecule has 0 unspecified atom stereocenters. The van der Waals surface area contributed by atoms with Crippen LogP contribution in [0.1, 0.15) is 13.3 Å². The minimum atomic E-state index is -4.89. The Bertz CT molecular complexity index is 83.5. The Morgan fingerprint density at radius 3 is 1.45 bits per heavy atom. The van der Waals surface area contributed by atoms with Crippen molar-refractivity contribution in [2.24, 2.45) is 0 Å². The smallest absolute Gasteiger partial charge is 0.854 e. The Morgan fingerprint density at radius 2 is 1.45 bits per heavy atom. The molecule has 0 radical (unpaired) electrons. The van der Waals surface area contributed by atoms with E-state index < -0.39 is 7.82 Å². The van der Waals surface area contributed by atoms with Crippen LogP contribution in [0.4, 0.5) is 0 Å². The molecule has 0 aromatic heterocycles. The van der Waals surface area contributed by atoms with E-state index in [-0.39, 0.29) is 65.7 Å². The maximum atomic E-state index is 9.30. The van der Waals surface area contributed by atoms with Crippen molar-refractivity contribution in [2.45, 2.75) is 13.3 Å². The van der Waals surface area contributed by atoms with E-state index in [1.165, 1.54) is 0 Å². The van der Waals surface area contributed by atoms with Gasteiger partial charge in [0.15, 0.2) is 0 Å². The monoisotopic (exact) mass is 202 g/mol. The molecule has 8 heteroatoms. The minimum absolute atomic E-state index is 0. The molecule has 0 rings (SSSR count). The van der Waals surface area contributed by atoms with Gasteiger partial charge in [-0.15, -0.1) is 6.61 Å². The molecule has 11 heavy (non-hydrogen) atoms. The molecule has 0 aliphatic carbocycles. The summed E-state index contributed by atoms with van der Waals surface area (Å²) in [5.74, 6) is 0. The van der Waals surface area contributed by atoms with E-state index in [9.17, 15) is 5.11 Å². The van der Waals surface area contributed by atoms with Gasteiger partial charge in [-0.25, -0.2) is 0 Å². The maximum Gasteiger partial charge on any atom is 1.00 e. The topological polar surface area (TPSA) is 104 Å². The summed E-state index contributed by atoms with van der Waals surface area (Å²) in [6, 6.07) is 0. The van der Waals surface area contributed by atoms with Crippen LogP contribution in [-0.2, 0) is 4.57 Å². The third-order valence-electron chi connectivity index (χ3n) is 0.204. The summed E-state index contributed by atoms with van der Waals surface area (Å²) in [4.78, 5) is 22.9. The Labute approximate surface area is 110 Å². The van der Waals surface area contributed by atoms with Crippen molar-refractivity contribution in [3.63, 3.8) is 0 Å². The maximum absolute atomic E-state index is 9.30. The Balaban J connectivity index is -0.0000000383. The van der Waals surface area contributed by atoms with Crippen molar-refractivity contribution in [3.8, 4) is 0 Å². The predicted octanol–water partition coefficient (Wildman–Crippen LogP) is -7.80. The third kappa shape index (κ3) is 130. The zero-order chi connectivity index (χ0) is 7.91. The van der Waals surface area contributed by atoms with Gasteiger partial charge in [-0.3, -0.25) is 4.57 Å². The van der Waals surface area contributed by atoms with E-state index in [2.05, 4.69) is 0 Å². The first-order valence-electron chi connectivity index (χ1n) is 2.26. The van der Waals surface area contributed by atoms with Crippen LogP contribution in [-0.4, -0.2) is 16.4 Å². The average Bonchev–Trinajstić information content (AvgIpc) is 1.61. The molecule has 0 aliphatic heterocycles. The predicted molar refractivity (Wildman–Crippen MR) is 27.2 cm³/mol. The number of rotatable bonds is 1. The molecule has 0 fully saturated rings. The normalized spacial score (nSPS) is 8.09. The van der Waals surface area contributed by atoms with E-state index in [1.54, 1.807) is 0 Å². The largest absolute Gasteiger partial charge is 1.00 e. The molecular weight excluding hydrogens is 193 g/mol. The second-order valence-electron chi connectivity index (χ2n) is 1.19. The molecule has 2 N–H and O–H groups in total. The van der Waals surface area contributed by atoms with E-state index in [4.69, 9.17) is 19.2 Å². The van der Waals surface area contributed by atoms with E-state index in [1.807, 2.05) is 6.92 Å². The van der Waals surface area contributed by atoms with Gasteiger partial charge in [-0.05, 0) is 0 Å². The summed E-state index contributed by atoms with van der Waals surface area (Å²) in [5, 5.41) is 9.30. The van der Waals surface area contributed by atoms with Crippen LogP contribution in [0.5, 0.6) is 0 Å². The summed E-state index contributed by atoms with van der Waals surface area (Å²) >= 11 is 0. The number of hydrogen-bond acceptors (Lipinski definition) is 3. The van der Waals surface area contributed by atoms with E-state index in [0.717, 1.165) is 6.42 Å². The summed E-state index contributed by atoms with van der Waals surface area (Å²) in [6.07, 6.45) is 0.764. The molecule has 5 nitrogen and oxygen atoms in total. The van der Waals surface area contributed by atoms with E-state index in [0.29, 0.717) is 0 Å². The van der Waals surface area contributed by atoms with Gasteiger partial charge < -0.3 is 19.8 Å². The second-order valence-corrected chi connectivity index (χ2v) is 2.18. The summed E-state index contributed by atoms with van der Waals surface area (Å²) < 4.78 is 8.77. The van der Waals surface area contributed by atoms with Crippen molar-refractivity contribution in [1.82, 2.24) is 0 Å². The van der Waals surface area contributed by atoms with Gasteiger partial charge >= 0.3 is 59.1 Å². The summed E-state index contributed by atoms with van der Waals surface area (Å²) in [7, 11) is -4.89. The van der Waals surface area contributed by atoms with Crippen molar-refractivity contribution in [1.29, 1.82) is 0 Å². The molecule has 0 aromatic carbocycles. The number of hydrogen-bond donors (Lipinski definition) is 2. The second kappa shape index (κ2) is 14.6. The molecule has 0 spiro atoms. The Kier molecular flexibility index (Phi) is 30.7. The molecule has 0 aromatic rings. The fourth-order valence-electron chi connectivity index (χ4n) is 0. The molecule has 0 saturated heterocycles. The standard InChI is InChI=1S/C3H7O.2Na.H3O4P/c1-2-3-4;;;1-5(2,3)4/h2-3H2,1H3;;;(H3,1,2,3,4)/q-1;2*+1;/p-1.